The van der Waals surface area contributed by atoms with E-state index < -0.39 is 0 Å². The summed E-state index contributed by atoms with van der Waals surface area (Å²) in [7, 11) is 0. The van der Waals surface area contributed by atoms with Gasteiger partial charge in [0.1, 0.15) is 0 Å². The molecule has 0 fully saturated rings. The van der Waals surface area contributed by atoms with E-state index in [1.807, 2.05) is 19.1 Å². The Morgan fingerprint density at radius 2 is 2.10 bits per heavy atom. The highest BCUT2D eigenvalue weighted by atomic mass is 32.1. The molecule has 1 aliphatic carbocycles. The third-order valence-electron chi connectivity index (χ3n) is 3.97. The molecule has 0 saturated carbocycles. The minimum atomic E-state index is 0.0423. The molecule has 104 valence electrons. The second-order valence-electron chi connectivity index (χ2n) is 5.46. The summed E-state index contributed by atoms with van der Waals surface area (Å²) in [5, 5.41) is 3.11. The fourth-order valence-electron chi connectivity index (χ4n) is 2.86. The Labute approximate surface area is 123 Å². The van der Waals surface area contributed by atoms with E-state index in [9.17, 15) is 4.79 Å². The van der Waals surface area contributed by atoms with Gasteiger partial charge >= 0.3 is 0 Å². The van der Waals surface area contributed by atoms with E-state index in [4.69, 9.17) is 0 Å². The topological polar surface area (TPSA) is 29.1 Å². The van der Waals surface area contributed by atoms with Gasteiger partial charge in [-0.25, -0.2) is 0 Å². The Hall–Kier alpha value is -1.61. The van der Waals surface area contributed by atoms with Crippen molar-refractivity contribution in [3.05, 3.63) is 56.8 Å². The molecule has 0 radical (unpaired) electrons. The van der Waals surface area contributed by atoms with Crippen LogP contribution < -0.4 is 5.32 Å². The van der Waals surface area contributed by atoms with Crippen molar-refractivity contribution >= 4 is 17.2 Å². The van der Waals surface area contributed by atoms with E-state index in [2.05, 4.69) is 30.4 Å². The molecule has 1 heterocycles. The van der Waals surface area contributed by atoms with Gasteiger partial charge in [-0.3, -0.25) is 4.79 Å². The molecule has 0 saturated heterocycles. The maximum absolute atomic E-state index is 12.3. The van der Waals surface area contributed by atoms with E-state index >= 15 is 0 Å². The van der Waals surface area contributed by atoms with E-state index in [0.717, 1.165) is 17.7 Å². The van der Waals surface area contributed by atoms with E-state index in [-0.39, 0.29) is 11.9 Å². The fourth-order valence-corrected chi connectivity index (χ4v) is 4.02. The Kier molecular flexibility index (Phi) is 3.62. The summed E-state index contributed by atoms with van der Waals surface area (Å²) in [5.74, 6) is 0.0557. The zero-order chi connectivity index (χ0) is 14.1. The lowest BCUT2D eigenvalue weighted by atomic mass is 10.0. The van der Waals surface area contributed by atoms with Gasteiger partial charge in [0, 0.05) is 4.88 Å². The van der Waals surface area contributed by atoms with Gasteiger partial charge in [-0.15, -0.1) is 11.3 Å². The molecule has 1 atom stereocenters. The van der Waals surface area contributed by atoms with Crippen molar-refractivity contribution in [3.63, 3.8) is 0 Å². The molecule has 3 heteroatoms. The van der Waals surface area contributed by atoms with Gasteiger partial charge in [-0.1, -0.05) is 24.3 Å². The van der Waals surface area contributed by atoms with Crippen molar-refractivity contribution < 1.29 is 4.79 Å². The summed E-state index contributed by atoms with van der Waals surface area (Å²) in [6.07, 6.45) is 3.51. The first-order chi connectivity index (χ1) is 9.65. The molecule has 1 aromatic heterocycles. The van der Waals surface area contributed by atoms with E-state index in [0.29, 0.717) is 0 Å². The number of fused-ring (bicyclic) bond motifs is 1. The number of carbonyl (C=O) groups is 1. The standard InChI is InChI=1S/C17H19NOS/c1-11-6-3-4-8-14(11)12(2)18-17(19)16-10-13-7-5-9-15(13)20-16/h3-4,6,8,10,12H,5,7,9H2,1-2H3,(H,18,19). The average Bonchev–Trinajstić information content (AvgIpc) is 2.99. The number of hydrogen-bond acceptors (Lipinski definition) is 2. The molecule has 3 rings (SSSR count). The van der Waals surface area contributed by atoms with Crippen LogP contribution in [0.1, 0.15) is 50.6 Å². The van der Waals surface area contributed by atoms with E-state index in [1.54, 1.807) is 11.3 Å². The maximum Gasteiger partial charge on any atom is 0.261 e. The van der Waals surface area contributed by atoms with Crippen LogP contribution in [-0.4, -0.2) is 5.91 Å². The number of thiophene rings is 1. The summed E-state index contributed by atoms with van der Waals surface area (Å²) in [5.41, 5.74) is 3.78. The van der Waals surface area contributed by atoms with Crippen molar-refractivity contribution in [2.75, 3.05) is 0 Å². The van der Waals surface area contributed by atoms with Crippen molar-refractivity contribution in [2.45, 2.75) is 39.2 Å². The Bertz CT molecular complexity index is 623. The molecule has 1 amide bonds. The van der Waals surface area contributed by atoms with Crippen LogP contribution in [-0.2, 0) is 12.8 Å². The van der Waals surface area contributed by atoms with Crippen LogP contribution in [0.2, 0.25) is 0 Å². The highest BCUT2D eigenvalue weighted by molar-refractivity contribution is 7.14. The van der Waals surface area contributed by atoms with Gasteiger partial charge in [0.2, 0.25) is 0 Å². The first-order valence-corrected chi connectivity index (χ1v) is 7.95. The summed E-state index contributed by atoms with van der Waals surface area (Å²) in [6, 6.07) is 10.3. The maximum atomic E-state index is 12.3. The molecule has 2 aromatic rings. The number of amides is 1. The van der Waals surface area contributed by atoms with E-state index in [1.165, 1.54) is 28.0 Å². The number of benzene rings is 1. The zero-order valence-electron chi connectivity index (χ0n) is 11.9. The first kappa shape index (κ1) is 13.4. The van der Waals surface area contributed by atoms with Crippen LogP contribution in [0.25, 0.3) is 0 Å². The number of nitrogens with one attached hydrogen (secondary N) is 1. The summed E-state index contributed by atoms with van der Waals surface area (Å²) < 4.78 is 0. The normalized spacial score (nSPS) is 14.9. The molecule has 1 aliphatic rings. The predicted molar refractivity (Wildman–Crippen MR) is 83.4 cm³/mol. The fraction of sp³-hybridized carbons (Fsp3) is 0.353. The molecule has 1 aromatic carbocycles. The lowest BCUT2D eigenvalue weighted by Gasteiger charge is -2.16. The summed E-state index contributed by atoms with van der Waals surface area (Å²) in [6.45, 7) is 4.12. The largest absolute Gasteiger partial charge is 0.345 e. The van der Waals surface area contributed by atoms with Crippen LogP contribution in [0.5, 0.6) is 0 Å². The van der Waals surface area contributed by atoms with Crippen molar-refractivity contribution in [2.24, 2.45) is 0 Å². The molecule has 1 N–H and O–H groups in total. The Balaban J connectivity index is 1.74. The van der Waals surface area contributed by atoms with Gasteiger partial charge in [-0.2, -0.15) is 0 Å². The highest BCUT2D eigenvalue weighted by Gasteiger charge is 2.20. The third kappa shape index (κ3) is 2.50. The average molecular weight is 285 g/mol. The molecule has 0 spiro atoms. The lowest BCUT2D eigenvalue weighted by molar-refractivity contribution is 0.0944. The first-order valence-electron chi connectivity index (χ1n) is 7.13. The van der Waals surface area contributed by atoms with Gasteiger partial charge in [0.25, 0.3) is 5.91 Å². The summed E-state index contributed by atoms with van der Waals surface area (Å²) >= 11 is 1.66. The zero-order valence-corrected chi connectivity index (χ0v) is 12.7. The lowest BCUT2D eigenvalue weighted by Crippen LogP contribution is -2.26. The van der Waals surface area contributed by atoms with Crippen LogP contribution in [0, 0.1) is 6.92 Å². The minimum Gasteiger partial charge on any atom is -0.345 e. The van der Waals surface area contributed by atoms with Crippen molar-refractivity contribution in [1.82, 2.24) is 5.32 Å². The number of aryl methyl sites for hydroxylation is 3. The molecule has 0 bridgehead atoms. The molecular weight excluding hydrogens is 266 g/mol. The Morgan fingerprint density at radius 1 is 1.30 bits per heavy atom. The minimum absolute atomic E-state index is 0.0423. The second-order valence-corrected chi connectivity index (χ2v) is 6.60. The summed E-state index contributed by atoms with van der Waals surface area (Å²) in [4.78, 5) is 14.6. The third-order valence-corrected chi connectivity index (χ3v) is 5.21. The van der Waals surface area contributed by atoms with Crippen molar-refractivity contribution in [1.29, 1.82) is 0 Å². The van der Waals surface area contributed by atoms with Crippen LogP contribution in [0.4, 0.5) is 0 Å². The van der Waals surface area contributed by atoms with Crippen LogP contribution in [0.3, 0.4) is 0 Å². The predicted octanol–water partition coefficient (Wildman–Crippen LogP) is 4.04. The molecule has 0 aliphatic heterocycles. The monoisotopic (exact) mass is 285 g/mol. The van der Waals surface area contributed by atoms with Gasteiger partial charge in [0.15, 0.2) is 0 Å². The van der Waals surface area contributed by atoms with Crippen LogP contribution >= 0.6 is 11.3 Å². The van der Waals surface area contributed by atoms with Crippen molar-refractivity contribution in [3.8, 4) is 0 Å². The number of hydrogen-bond donors (Lipinski definition) is 1. The molecule has 2 nitrogen and oxygen atoms in total. The Morgan fingerprint density at radius 3 is 2.85 bits per heavy atom. The molecule has 1 unspecified atom stereocenters. The van der Waals surface area contributed by atoms with Gasteiger partial charge in [0.05, 0.1) is 10.9 Å². The van der Waals surface area contributed by atoms with Gasteiger partial charge in [-0.05, 0) is 55.9 Å². The smallest absolute Gasteiger partial charge is 0.261 e. The quantitative estimate of drug-likeness (QED) is 0.906. The number of rotatable bonds is 3. The molecule has 20 heavy (non-hydrogen) atoms. The molecular formula is C17H19NOS. The second kappa shape index (κ2) is 5.41. The van der Waals surface area contributed by atoms with Crippen LogP contribution in [0.15, 0.2) is 30.3 Å². The highest BCUT2D eigenvalue weighted by Crippen LogP contribution is 2.30. The SMILES string of the molecule is Cc1ccccc1C(C)NC(=O)c1cc2c(s1)CCC2. The van der Waals surface area contributed by atoms with Gasteiger partial charge < -0.3 is 5.32 Å². The number of carbonyl (C=O) groups excluding carboxylic acids is 1.